The van der Waals surface area contributed by atoms with Gasteiger partial charge in [0, 0.05) is 16.9 Å². The molecule has 0 radical (unpaired) electrons. The van der Waals surface area contributed by atoms with Gasteiger partial charge in [0.25, 0.3) is 0 Å². The number of thioether (sulfide) groups is 1. The summed E-state index contributed by atoms with van der Waals surface area (Å²) in [5.74, 6) is 1.40. The van der Waals surface area contributed by atoms with Gasteiger partial charge in [-0.1, -0.05) is 18.0 Å². The average molecular weight is 291 g/mol. The fraction of sp³-hybridized carbons (Fsp3) is 0.467. The van der Waals surface area contributed by atoms with Crippen LogP contribution in [0.15, 0.2) is 33.7 Å². The van der Waals surface area contributed by atoms with Crippen LogP contribution in [0.25, 0.3) is 11.4 Å². The third kappa shape index (κ3) is 4.35. The zero-order valence-corrected chi connectivity index (χ0v) is 12.7. The zero-order valence-electron chi connectivity index (χ0n) is 11.8. The molecule has 5 heteroatoms. The third-order valence-electron chi connectivity index (χ3n) is 3.16. The van der Waals surface area contributed by atoms with Crippen LogP contribution in [0, 0.1) is 0 Å². The van der Waals surface area contributed by atoms with Gasteiger partial charge in [-0.15, -0.1) is 11.8 Å². The molecular weight excluding hydrogens is 270 g/mol. The predicted octanol–water partition coefficient (Wildman–Crippen LogP) is 3.52. The summed E-state index contributed by atoms with van der Waals surface area (Å²) in [6.07, 6.45) is 7.42. The molecule has 20 heavy (non-hydrogen) atoms. The first kappa shape index (κ1) is 15.1. The summed E-state index contributed by atoms with van der Waals surface area (Å²) in [6.45, 7) is 0.775. The Bertz CT molecular complexity index is 510. The van der Waals surface area contributed by atoms with E-state index in [-0.39, 0.29) is 0 Å². The van der Waals surface area contributed by atoms with E-state index in [1.807, 2.05) is 12.1 Å². The highest BCUT2D eigenvalue weighted by Gasteiger charge is 2.08. The normalized spacial score (nSPS) is 10.9. The lowest BCUT2D eigenvalue weighted by atomic mass is 10.1. The molecule has 0 atom stereocenters. The van der Waals surface area contributed by atoms with E-state index in [1.165, 1.54) is 11.3 Å². The standard InChI is InChI=1S/C15H21N3OS/c1-20-13-9-7-12(8-10-13)15-17-14(19-18-15)6-4-2-3-5-11-16/h7-10H,2-6,11,16H2,1H3. The minimum atomic E-state index is 0.676. The number of benzene rings is 1. The van der Waals surface area contributed by atoms with Crippen molar-refractivity contribution in [1.82, 2.24) is 10.1 Å². The molecule has 108 valence electrons. The molecule has 2 aromatic rings. The Morgan fingerprint density at radius 3 is 2.55 bits per heavy atom. The highest BCUT2D eigenvalue weighted by Crippen LogP contribution is 2.21. The third-order valence-corrected chi connectivity index (χ3v) is 3.90. The summed E-state index contributed by atoms with van der Waals surface area (Å²) in [6, 6.07) is 8.20. The van der Waals surface area contributed by atoms with Gasteiger partial charge in [-0.3, -0.25) is 0 Å². The molecule has 4 nitrogen and oxygen atoms in total. The van der Waals surface area contributed by atoms with Crippen LogP contribution in [-0.2, 0) is 6.42 Å². The number of hydrogen-bond acceptors (Lipinski definition) is 5. The lowest BCUT2D eigenvalue weighted by Crippen LogP contribution is -1.97. The summed E-state index contributed by atoms with van der Waals surface area (Å²) in [7, 11) is 0. The van der Waals surface area contributed by atoms with Crippen LogP contribution in [0.3, 0.4) is 0 Å². The van der Waals surface area contributed by atoms with E-state index < -0.39 is 0 Å². The van der Waals surface area contributed by atoms with Crippen LogP contribution in [0.1, 0.15) is 31.6 Å². The number of nitrogens with zero attached hydrogens (tertiary/aromatic N) is 2. The second-order valence-corrected chi connectivity index (χ2v) is 5.57. The van der Waals surface area contributed by atoms with Crippen LogP contribution >= 0.6 is 11.8 Å². The van der Waals surface area contributed by atoms with Crippen LogP contribution in [0.2, 0.25) is 0 Å². The smallest absolute Gasteiger partial charge is 0.226 e. The van der Waals surface area contributed by atoms with Crippen molar-refractivity contribution in [2.75, 3.05) is 12.8 Å². The van der Waals surface area contributed by atoms with Crippen molar-refractivity contribution in [3.8, 4) is 11.4 Å². The molecule has 0 aliphatic carbocycles. The predicted molar refractivity (Wildman–Crippen MR) is 82.7 cm³/mol. The number of unbranched alkanes of at least 4 members (excludes halogenated alkanes) is 3. The first-order chi connectivity index (χ1) is 9.83. The molecule has 1 heterocycles. The number of aromatic nitrogens is 2. The van der Waals surface area contributed by atoms with Crippen LogP contribution in [0.4, 0.5) is 0 Å². The van der Waals surface area contributed by atoms with E-state index in [9.17, 15) is 0 Å². The highest BCUT2D eigenvalue weighted by atomic mass is 32.2. The van der Waals surface area contributed by atoms with E-state index in [2.05, 4.69) is 28.5 Å². The lowest BCUT2D eigenvalue weighted by Gasteiger charge is -1.97. The maximum atomic E-state index is 5.47. The number of nitrogens with two attached hydrogens (primary N) is 1. The molecule has 0 saturated heterocycles. The van der Waals surface area contributed by atoms with Gasteiger partial charge in [0.1, 0.15) is 0 Å². The first-order valence-corrected chi connectivity index (χ1v) is 8.23. The second-order valence-electron chi connectivity index (χ2n) is 4.69. The van der Waals surface area contributed by atoms with Crippen molar-refractivity contribution in [2.24, 2.45) is 5.73 Å². The molecule has 0 saturated carbocycles. The fourth-order valence-electron chi connectivity index (χ4n) is 1.99. The van der Waals surface area contributed by atoms with Gasteiger partial charge >= 0.3 is 0 Å². The van der Waals surface area contributed by atoms with Crippen molar-refractivity contribution in [3.05, 3.63) is 30.2 Å². The second kappa shape index (κ2) is 8.07. The van der Waals surface area contributed by atoms with Gasteiger partial charge in [-0.05, 0) is 49.9 Å². The Hall–Kier alpha value is -1.33. The molecule has 0 aliphatic heterocycles. The Labute approximate surface area is 124 Å². The van der Waals surface area contributed by atoms with Crippen molar-refractivity contribution in [2.45, 2.75) is 37.0 Å². The van der Waals surface area contributed by atoms with Crippen molar-refractivity contribution < 1.29 is 4.52 Å². The van der Waals surface area contributed by atoms with Gasteiger partial charge < -0.3 is 10.3 Å². The molecule has 2 N–H and O–H groups in total. The Balaban J connectivity index is 1.87. The van der Waals surface area contributed by atoms with E-state index in [1.54, 1.807) is 11.8 Å². The monoisotopic (exact) mass is 291 g/mol. The molecule has 1 aromatic heterocycles. The average Bonchev–Trinajstić information content (AvgIpc) is 2.96. The van der Waals surface area contributed by atoms with Gasteiger partial charge in [-0.25, -0.2) is 0 Å². The zero-order chi connectivity index (χ0) is 14.2. The van der Waals surface area contributed by atoms with Crippen LogP contribution in [-0.4, -0.2) is 22.9 Å². The minimum Gasteiger partial charge on any atom is -0.339 e. The molecule has 0 amide bonds. The Morgan fingerprint density at radius 1 is 1.10 bits per heavy atom. The van der Waals surface area contributed by atoms with E-state index in [0.717, 1.165) is 43.7 Å². The van der Waals surface area contributed by atoms with E-state index in [0.29, 0.717) is 5.82 Å². The SMILES string of the molecule is CSc1ccc(-c2noc(CCCCCCN)n2)cc1. The van der Waals surface area contributed by atoms with Gasteiger partial charge in [0.05, 0.1) is 0 Å². The van der Waals surface area contributed by atoms with E-state index in [4.69, 9.17) is 10.3 Å². The maximum absolute atomic E-state index is 5.47. The van der Waals surface area contributed by atoms with Crippen molar-refractivity contribution in [3.63, 3.8) is 0 Å². The van der Waals surface area contributed by atoms with Gasteiger partial charge in [0.15, 0.2) is 0 Å². The molecule has 2 rings (SSSR count). The molecule has 0 aliphatic rings. The van der Waals surface area contributed by atoms with Crippen molar-refractivity contribution >= 4 is 11.8 Å². The quantitative estimate of drug-likeness (QED) is 0.595. The summed E-state index contributed by atoms with van der Waals surface area (Å²) < 4.78 is 5.29. The highest BCUT2D eigenvalue weighted by molar-refractivity contribution is 7.98. The molecule has 0 fully saturated rings. The Morgan fingerprint density at radius 2 is 1.85 bits per heavy atom. The molecule has 1 aromatic carbocycles. The fourth-order valence-corrected chi connectivity index (χ4v) is 2.40. The van der Waals surface area contributed by atoms with E-state index >= 15 is 0 Å². The van der Waals surface area contributed by atoms with Gasteiger partial charge in [-0.2, -0.15) is 4.98 Å². The summed E-state index contributed by atoms with van der Waals surface area (Å²) in [5.41, 5.74) is 6.47. The van der Waals surface area contributed by atoms with Crippen LogP contribution in [0.5, 0.6) is 0 Å². The number of hydrogen-bond donors (Lipinski definition) is 1. The first-order valence-electron chi connectivity index (χ1n) is 7.00. The summed E-state index contributed by atoms with van der Waals surface area (Å²) in [5, 5.41) is 4.04. The molecule has 0 unspecified atom stereocenters. The maximum Gasteiger partial charge on any atom is 0.226 e. The van der Waals surface area contributed by atoms with Gasteiger partial charge in [0.2, 0.25) is 11.7 Å². The Kier molecular flexibility index (Phi) is 6.08. The minimum absolute atomic E-state index is 0.676. The number of rotatable bonds is 8. The topological polar surface area (TPSA) is 64.9 Å². The molecular formula is C15H21N3OS. The number of aryl methyl sites for hydroxylation is 1. The van der Waals surface area contributed by atoms with Crippen molar-refractivity contribution in [1.29, 1.82) is 0 Å². The summed E-state index contributed by atoms with van der Waals surface area (Å²) in [4.78, 5) is 5.68. The van der Waals surface area contributed by atoms with Crippen LogP contribution < -0.4 is 5.73 Å². The largest absolute Gasteiger partial charge is 0.339 e. The summed E-state index contributed by atoms with van der Waals surface area (Å²) >= 11 is 1.72. The molecule has 0 bridgehead atoms. The lowest BCUT2D eigenvalue weighted by molar-refractivity contribution is 0.374. The molecule has 0 spiro atoms.